The molecule has 0 aliphatic carbocycles. The summed E-state index contributed by atoms with van der Waals surface area (Å²) in [5.74, 6) is -1.47. The number of nitrogens with zero attached hydrogens (tertiary/aromatic N) is 1. The van der Waals surface area contributed by atoms with E-state index in [0.717, 1.165) is 10.9 Å². The van der Waals surface area contributed by atoms with Gasteiger partial charge in [0.05, 0.1) is 17.3 Å². The van der Waals surface area contributed by atoms with Crippen molar-refractivity contribution in [3.63, 3.8) is 0 Å². The molecule has 1 aromatic carbocycles. The fourth-order valence-corrected chi connectivity index (χ4v) is 2.45. The highest BCUT2D eigenvalue weighted by Crippen LogP contribution is 2.26. The first-order valence-corrected chi connectivity index (χ1v) is 8.32. The quantitative estimate of drug-likeness (QED) is 0.770. The maximum Gasteiger partial charge on any atom is 0.315 e. The maximum atomic E-state index is 11.4. The Kier molecular flexibility index (Phi) is 5.77. The Morgan fingerprint density at radius 2 is 1.88 bits per heavy atom. The molecule has 0 fully saturated rings. The van der Waals surface area contributed by atoms with E-state index in [0.29, 0.717) is 11.2 Å². The number of aromatic nitrogens is 1. The number of carbonyl (C=O) groups is 2. The Morgan fingerprint density at radius 3 is 2.46 bits per heavy atom. The number of aliphatic hydroxyl groups is 1. The van der Waals surface area contributed by atoms with Gasteiger partial charge in [0.25, 0.3) is 0 Å². The van der Waals surface area contributed by atoms with E-state index in [1.807, 2.05) is 24.3 Å². The number of pyridine rings is 1. The van der Waals surface area contributed by atoms with Gasteiger partial charge in [0.15, 0.2) is 0 Å². The van der Waals surface area contributed by atoms with Crippen molar-refractivity contribution in [2.45, 2.75) is 39.9 Å². The molecule has 0 aliphatic rings. The third kappa shape index (κ3) is 4.26. The molecule has 0 saturated heterocycles. The third-order valence-electron chi connectivity index (χ3n) is 4.45. The Bertz CT molecular complexity index is 858. The monoisotopic (exact) mass is 357 g/mol. The Labute approximate surface area is 152 Å². The summed E-state index contributed by atoms with van der Waals surface area (Å²) in [6.07, 6.45) is 1.64. The first-order valence-electron chi connectivity index (χ1n) is 8.32. The molecule has 3 atom stereocenters. The molecule has 1 aromatic heterocycles. The largest absolute Gasteiger partial charge is 0.481 e. The van der Waals surface area contributed by atoms with Crippen LogP contribution in [0.3, 0.4) is 0 Å². The number of aliphatic hydroxyl groups excluding tert-OH is 1. The van der Waals surface area contributed by atoms with E-state index in [-0.39, 0.29) is 5.97 Å². The molecule has 0 spiro atoms. The normalized spacial score (nSPS) is 16.2. The third-order valence-corrected chi connectivity index (χ3v) is 4.45. The molecule has 0 saturated carbocycles. The smallest absolute Gasteiger partial charge is 0.315 e. The van der Waals surface area contributed by atoms with Gasteiger partial charge in [-0.2, -0.15) is 0 Å². The molecule has 0 bridgehead atoms. The van der Waals surface area contributed by atoms with Crippen LogP contribution in [0.4, 0.5) is 0 Å². The predicted molar refractivity (Wildman–Crippen MR) is 98.4 cm³/mol. The molecule has 2 rings (SSSR count). The van der Waals surface area contributed by atoms with Crippen molar-refractivity contribution in [1.82, 2.24) is 4.98 Å². The zero-order valence-electron chi connectivity index (χ0n) is 15.3. The van der Waals surface area contributed by atoms with Crippen LogP contribution in [0.5, 0.6) is 0 Å². The van der Waals surface area contributed by atoms with Gasteiger partial charge in [-0.25, -0.2) is 4.98 Å². The van der Waals surface area contributed by atoms with Crippen LogP contribution in [0.25, 0.3) is 17.0 Å². The molecule has 0 aliphatic heterocycles. The van der Waals surface area contributed by atoms with Gasteiger partial charge in [-0.05, 0) is 38.5 Å². The Balaban J connectivity index is 2.36. The molecule has 0 amide bonds. The van der Waals surface area contributed by atoms with Crippen LogP contribution in [0.2, 0.25) is 0 Å². The summed E-state index contributed by atoms with van der Waals surface area (Å²) < 4.78 is 5.15. The number of aliphatic carboxylic acids is 1. The van der Waals surface area contributed by atoms with E-state index >= 15 is 0 Å². The topological polar surface area (TPSA) is 96.7 Å². The van der Waals surface area contributed by atoms with Gasteiger partial charge in [0, 0.05) is 12.3 Å². The van der Waals surface area contributed by atoms with Crippen LogP contribution >= 0.6 is 0 Å². The minimum Gasteiger partial charge on any atom is -0.481 e. The summed E-state index contributed by atoms with van der Waals surface area (Å²) in [6.45, 7) is 6.01. The van der Waals surface area contributed by atoms with Gasteiger partial charge < -0.3 is 14.9 Å². The highest BCUT2D eigenvalue weighted by atomic mass is 16.5. The molecule has 2 unspecified atom stereocenters. The first-order chi connectivity index (χ1) is 12.1. The molecule has 6 heteroatoms. The van der Waals surface area contributed by atoms with E-state index in [2.05, 4.69) is 4.98 Å². The van der Waals surface area contributed by atoms with Crippen LogP contribution in [0.1, 0.15) is 45.1 Å². The fourth-order valence-electron chi connectivity index (χ4n) is 2.45. The number of carboxylic acid groups (broad SMARTS) is 1. The minimum atomic E-state index is -1.38. The number of fused-ring (bicyclic) bond motifs is 1. The van der Waals surface area contributed by atoms with Crippen LogP contribution < -0.4 is 0 Å². The summed E-state index contributed by atoms with van der Waals surface area (Å²) >= 11 is 0. The van der Waals surface area contributed by atoms with Gasteiger partial charge in [0.2, 0.25) is 0 Å². The molecule has 1 heterocycles. The van der Waals surface area contributed by atoms with Crippen molar-refractivity contribution in [1.29, 1.82) is 0 Å². The van der Waals surface area contributed by atoms with Crippen molar-refractivity contribution in [2.75, 3.05) is 0 Å². The zero-order valence-corrected chi connectivity index (χ0v) is 15.3. The number of rotatable bonds is 6. The second-order valence-electron chi connectivity index (χ2n) is 6.54. The molecular weight excluding hydrogens is 334 g/mol. The molecule has 138 valence electrons. The number of carboxylic acids is 1. The first kappa shape index (κ1) is 19.6. The van der Waals surface area contributed by atoms with Crippen LogP contribution in [0, 0.1) is 5.41 Å². The van der Waals surface area contributed by atoms with E-state index in [4.69, 9.17) is 4.74 Å². The summed E-state index contributed by atoms with van der Waals surface area (Å²) in [6, 6.07) is 9.24. The summed E-state index contributed by atoms with van der Waals surface area (Å²) in [5, 5.41) is 20.0. The van der Waals surface area contributed by atoms with Crippen LogP contribution in [0.15, 0.2) is 36.4 Å². The highest BCUT2D eigenvalue weighted by Gasteiger charge is 2.35. The lowest BCUT2D eigenvalue weighted by atomic mass is 9.84. The number of benzene rings is 1. The highest BCUT2D eigenvalue weighted by molar-refractivity contribution is 5.83. The van der Waals surface area contributed by atoms with Gasteiger partial charge in [-0.15, -0.1) is 0 Å². The molecule has 2 N–H and O–H groups in total. The van der Waals surface area contributed by atoms with Crippen LogP contribution in [-0.4, -0.2) is 33.2 Å². The maximum absolute atomic E-state index is 11.4. The number of hydrogen-bond donors (Lipinski definition) is 2. The second-order valence-corrected chi connectivity index (χ2v) is 6.54. The zero-order chi connectivity index (χ0) is 19.5. The predicted octanol–water partition coefficient (Wildman–Crippen LogP) is 3.34. The molecule has 26 heavy (non-hydrogen) atoms. The SMILES string of the molecule is CC(=O)O[C@H](C)c1ccc2ccc(/C=C/C(C)(C(=O)O)C(C)O)cc2n1. The molecular formula is C20H23NO5. The average Bonchev–Trinajstić information content (AvgIpc) is 2.57. The Hall–Kier alpha value is -2.73. The second kappa shape index (κ2) is 7.66. The lowest BCUT2D eigenvalue weighted by Crippen LogP contribution is -2.36. The van der Waals surface area contributed by atoms with E-state index in [1.54, 1.807) is 19.1 Å². The van der Waals surface area contributed by atoms with E-state index in [9.17, 15) is 19.8 Å². The van der Waals surface area contributed by atoms with Crippen molar-refractivity contribution >= 4 is 28.9 Å². The number of esters is 1. The van der Waals surface area contributed by atoms with E-state index < -0.39 is 23.6 Å². The molecule has 2 aromatic rings. The van der Waals surface area contributed by atoms with E-state index in [1.165, 1.54) is 26.8 Å². The van der Waals surface area contributed by atoms with Crippen molar-refractivity contribution in [3.05, 3.63) is 47.7 Å². The fraction of sp³-hybridized carbons (Fsp3) is 0.350. The molecule has 6 nitrogen and oxygen atoms in total. The Morgan fingerprint density at radius 1 is 1.23 bits per heavy atom. The average molecular weight is 357 g/mol. The minimum absolute atomic E-state index is 0.373. The summed E-state index contributed by atoms with van der Waals surface area (Å²) in [4.78, 5) is 27.1. The summed E-state index contributed by atoms with van der Waals surface area (Å²) in [5.41, 5.74) is 0.718. The summed E-state index contributed by atoms with van der Waals surface area (Å²) in [7, 11) is 0. The van der Waals surface area contributed by atoms with Crippen molar-refractivity contribution in [2.24, 2.45) is 5.41 Å². The molecule has 0 radical (unpaired) electrons. The van der Waals surface area contributed by atoms with Crippen molar-refractivity contribution in [3.8, 4) is 0 Å². The van der Waals surface area contributed by atoms with Gasteiger partial charge in [0.1, 0.15) is 11.5 Å². The number of hydrogen-bond acceptors (Lipinski definition) is 5. The lowest BCUT2D eigenvalue weighted by Gasteiger charge is -2.23. The number of carbonyl (C=O) groups excluding carboxylic acids is 1. The lowest BCUT2D eigenvalue weighted by molar-refractivity contribution is -0.150. The number of ether oxygens (including phenoxy) is 1. The standard InChI is InChI=1S/C20H23NO5/c1-12(26-14(3)23)17-8-7-16-6-5-15(11-18(16)21-17)9-10-20(4,13(2)22)19(24)25/h5-13,22H,1-4H3,(H,24,25)/b10-9+/t12-,13?,20?/m1/s1. The van der Waals surface area contributed by atoms with Crippen LogP contribution in [-0.2, 0) is 14.3 Å². The van der Waals surface area contributed by atoms with Gasteiger partial charge in [-0.1, -0.05) is 30.4 Å². The van der Waals surface area contributed by atoms with Gasteiger partial charge >= 0.3 is 11.9 Å². The van der Waals surface area contributed by atoms with Crippen molar-refractivity contribution < 1.29 is 24.5 Å². The van der Waals surface area contributed by atoms with Gasteiger partial charge in [-0.3, -0.25) is 9.59 Å².